The molecule has 1 saturated carbocycles. The molecule has 1 rings (SSSR count). The Labute approximate surface area is 85.2 Å². The van der Waals surface area contributed by atoms with Gasteiger partial charge in [-0.3, -0.25) is 4.84 Å². The van der Waals surface area contributed by atoms with Gasteiger partial charge in [0.05, 0.1) is 5.60 Å². The molecular formula is C9H18N2OS. The van der Waals surface area contributed by atoms with Crippen LogP contribution in [0.3, 0.4) is 0 Å². The van der Waals surface area contributed by atoms with E-state index in [4.69, 9.17) is 17.1 Å². The van der Waals surface area contributed by atoms with Crippen molar-refractivity contribution in [2.75, 3.05) is 0 Å². The number of hydrogen-bond acceptors (Lipinski definition) is 2. The van der Waals surface area contributed by atoms with Crippen LogP contribution in [0.25, 0.3) is 0 Å². The molecule has 0 atom stereocenters. The first-order chi connectivity index (χ1) is 5.81. The van der Waals surface area contributed by atoms with Crippen molar-refractivity contribution in [1.29, 1.82) is 0 Å². The molecule has 0 heterocycles. The maximum atomic E-state index is 5.31. The summed E-state index contributed by atoms with van der Waals surface area (Å²) in [6.45, 7) is 8.07. The number of thiocarbonyl (C=S) groups is 1. The average molecular weight is 202 g/mol. The van der Waals surface area contributed by atoms with Gasteiger partial charge in [-0.25, -0.2) is 5.48 Å². The Hall–Kier alpha value is -0.350. The minimum atomic E-state index is -0.212. The third-order valence-electron chi connectivity index (χ3n) is 1.87. The summed E-state index contributed by atoms with van der Waals surface area (Å²) in [6, 6.07) is 0. The molecule has 4 heteroatoms. The Bertz CT molecular complexity index is 206. The van der Waals surface area contributed by atoms with E-state index in [0.717, 1.165) is 0 Å². The summed E-state index contributed by atoms with van der Waals surface area (Å²) < 4.78 is 0. The van der Waals surface area contributed by atoms with Crippen molar-refractivity contribution in [2.24, 2.45) is 0 Å². The van der Waals surface area contributed by atoms with Crippen LogP contribution in [0.2, 0.25) is 0 Å². The first-order valence-corrected chi connectivity index (χ1v) is 4.98. The lowest BCUT2D eigenvalue weighted by Gasteiger charge is -2.22. The van der Waals surface area contributed by atoms with Crippen LogP contribution >= 0.6 is 12.2 Å². The van der Waals surface area contributed by atoms with Gasteiger partial charge in [0.1, 0.15) is 0 Å². The molecule has 0 aromatic carbocycles. The molecule has 0 amide bonds. The van der Waals surface area contributed by atoms with E-state index in [1.807, 2.05) is 20.8 Å². The van der Waals surface area contributed by atoms with E-state index in [1.54, 1.807) is 0 Å². The minimum absolute atomic E-state index is 0.212. The van der Waals surface area contributed by atoms with Crippen LogP contribution in [0.4, 0.5) is 0 Å². The van der Waals surface area contributed by atoms with Crippen LogP contribution in [-0.2, 0) is 4.84 Å². The topological polar surface area (TPSA) is 33.3 Å². The molecule has 0 radical (unpaired) electrons. The molecule has 3 nitrogen and oxygen atoms in total. The zero-order valence-corrected chi connectivity index (χ0v) is 9.55. The van der Waals surface area contributed by atoms with Gasteiger partial charge >= 0.3 is 0 Å². The highest BCUT2D eigenvalue weighted by Crippen LogP contribution is 2.34. The molecule has 1 aliphatic rings. The van der Waals surface area contributed by atoms with Crippen molar-refractivity contribution >= 4 is 17.3 Å². The van der Waals surface area contributed by atoms with Crippen molar-refractivity contribution in [2.45, 2.75) is 51.7 Å². The zero-order valence-electron chi connectivity index (χ0n) is 8.73. The molecule has 0 aromatic rings. The van der Waals surface area contributed by atoms with E-state index in [9.17, 15) is 0 Å². The molecule has 0 spiro atoms. The summed E-state index contributed by atoms with van der Waals surface area (Å²) in [4.78, 5) is 5.31. The van der Waals surface area contributed by atoms with Gasteiger partial charge in [0, 0.05) is 5.54 Å². The standard InChI is InChI=1S/C9H18N2OS/c1-8(2,3)12-11-7(13)10-9(4)5-6-9/h5-6H2,1-4H3,(H2,10,11,13). The first kappa shape index (κ1) is 10.7. The van der Waals surface area contributed by atoms with E-state index in [-0.39, 0.29) is 11.1 Å². The van der Waals surface area contributed by atoms with Crippen molar-refractivity contribution in [1.82, 2.24) is 10.8 Å². The first-order valence-electron chi connectivity index (χ1n) is 4.57. The number of rotatable bonds is 2. The second-order valence-corrected chi connectivity index (χ2v) is 5.24. The largest absolute Gasteiger partial charge is 0.356 e. The van der Waals surface area contributed by atoms with Gasteiger partial charge in [0.25, 0.3) is 0 Å². The second kappa shape index (κ2) is 3.42. The Morgan fingerprint density at radius 1 is 1.38 bits per heavy atom. The molecule has 0 aliphatic heterocycles. The van der Waals surface area contributed by atoms with Crippen LogP contribution in [0, 0.1) is 0 Å². The third-order valence-corrected chi connectivity index (χ3v) is 2.05. The van der Waals surface area contributed by atoms with Crippen LogP contribution in [0.15, 0.2) is 0 Å². The molecule has 1 aliphatic carbocycles. The fraction of sp³-hybridized carbons (Fsp3) is 0.889. The Morgan fingerprint density at radius 2 is 1.92 bits per heavy atom. The maximum Gasteiger partial charge on any atom is 0.190 e. The summed E-state index contributed by atoms with van der Waals surface area (Å²) in [5.41, 5.74) is 2.74. The van der Waals surface area contributed by atoms with Crippen LogP contribution in [0.5, 0.6) is 0 Å². The van der Waals surface area contributed by atoms with Gasteiger partial charge in [0.2, 0.25) is 0 Å². The molecule has 2 N–H and O–H groups in total. The Balaban J connectivity index is 2.18. The van der Waals surface area contributed by atoms with E-state index in [2.05, 4.69) is 17.7 Å². The molecule has 0 aromatic heterocycles. The van der Waals surface area contributed by atoms with Crippen molar-refractivity contribution in [3.63, 3.8) is 0 Å². The van der Waals surface area contributed by atoms with Gasteiger partial charge in [-0.05, 0) is 52.8 Å². The van der Waals surface area contributed by atoms with E-state index >= 15 is 0 Å². The summed E-state index contributed by atoms with van der Waals surface area (Å²) in [5.74, 6) is 0. The normalized spacial score (nSPS) is 19.4. The molecule has 0 unspecified atom stereocenters. The Kier molecular flexibility index (Phi) is 2.82. The minimum Gasteiger partial charge on any atom is -0.356 e. The molecule has 76 valence electrons. The second-order valence-electron chi connectivity index (χ2n) is 4.83. The van der Waals surface area contributed by atoms with Gasteiger partial charge in [-0.15, -0.1) is 0 Å². The molecule has 0 bridgehead atoms. The molecule has 13 heavy (non-hydrogen) atoms. The average Bonchev–Trinajstić information content (AvgIpc) is 2.62. The van der Waals surface area contributed by atoms with Gasteiger partial charge in [-0.1, -0.05) is 0 Å². The predicted molar refractivity (Wildman–Crippen MR) is 57.3 cm³/mol. The summed E-state index contributed by atoms with van der Waals surface area (Å²) in [7, 11) is 0. The quantitative estimate of drug-likeness (QED) is 0.528. The van der Waals surface area contributed by atoms with Crippen LogP contribution in [0.1, 0.15) is 40.5 Å². The number of nitrogens with one attached hydrogen (secondary N) is 2. The monoisotopic (exact) mass is 202 g/mol. The van der Waals surface area contributed by atoms with Crippen molar-refractivity contribution < 1.29 is 4.84 Å². The predicted octanol–water partition coefficient (Wildman–Crippen LogP) is 1.73. The molecular weight excluding hydrogens is 184 g/mol. The zero-order chi connectivity index (χ0) is 10.1. The number of hydrogen-bond donors (Lipinski definition) is 2. The molecule has 0 saturated heterocycles. The van der Waals surface area contributed by atoms with E-state index in [1.165, 1.54) is 12.8 Å². The summed E-state index contributed by atoms with van der Waals surface area (Å²) >= 11 is 5.06. The Morgan fingerprint density at radius 3 is 2.31 bits per heavy atom. The highest BCUT2D eigenvalue weighted by atomic mass is 32.1. The lowest BCUT2D eigenvalue weighted by atomic mass is 10.2. The third kappa shape index (κ3) is 4.43. The van der Waals surface area contributed by atoms with Crippen molar-refractivity contribution in [3.05, 3.63) is 0 Å². The van der Waals surface area contributed by atoms with Crippen LogP contribution in [-0.4, -0.2) is 16.3 Å². The SMILES string of the molecule is CC1(NC(=S)NOC(C)(C)C)CC1. The maximum absolute atomic E-state index is 5.31. The van der Waals surface area contributed by atoms with Crippen molar-refractivity contribution in [3.8, 4) is 0 Å². The van der Waals surface area contributed by atoms with E-state index in [0.29, 0.717) is 5.11 Å². The van der Waals surface area contributed by atoms with Gasteiger partial charge in [0.15, 0.2) is 5.11 Å². The fourth-order valence-corrected chi connectivity index (χ4v) is 1.10. The highest BCUT2D eigenvalue weighted by molar-refractivity contribution is 7.80. The van der Waals surface area contributed by atoms with Gasteiger partial charge < -0.3 is 5.32 Å². The summed E-state index contributed by atoms with van der Waals surface area (Å²) in [6.07, 6.45) is 2.37. The lowest BCUT2D eigenvalue weighted by molar-refractivity contribution is -0.0429. The smallest absolute Gasteiger partial charge is 0.190 e. The van der Waals surface area contributed by atoms with Gasteiger partial charge in [-0.2, -0.15) is 0 Å². The summed E-state index contributed by atoms with van der Waals surface area (Å²) in [5, 5.41) is 3.78. The van der Waals surface area contributed by atoms with E-state index < -0.39 is 0 Å². The van der Waals surface area contributed by atoms with Crippen LogP contribution < -0.4 is 10.8 Å². The highest BCUT2D eigenvalue weighted by Gasteiger charge is 2.37. The number of hydroxylamine groups is 1. The lowest BCUT2D eigenvalue weighted by Crippen LogP contribution is -2.44. The molecule has 1 fully saturated rings. The fourth-order valence-electron chi connectivity index (χ4n) is 0.812.